The van der Waals surface area contributed by atoms with Crippen molar-refractivity contribution in [3.63, 3.8) is 0 Å². The molecule has 0 spiro atoms. The third-order valence-corrected chi connectivity index (χ3v) is 2.94. The fraction of sp³-hybridized carbons (Fsp3) is 0.833. The number of hydrogen-bond donors (Lipinski definition) is 2. The lowest BCUT2D eigenvalue weighted by Gasteiger charge is -2.33. The third kappa shape index (κ3) is 3.70. The van der Waals surface area contributed by atoms with Gasteiger partial charge in [0.05, 0.1) is 6.10 Å². The van der Waals surface area contributed by atoms with Crippen LogP contribution in [0.4, 0.5) is 0 Å². The van der Waals surface area contributed by atoms with Crippen LogP contribution in [-0.2, 0) is 9.59 Å². The summed E-state index contributed by atoms with van der Waals surface area (Å²) in [6.45, 7) is 8.08. The second-order valence-corrected chi connectivity index (χ2v) is 5.73. The van der Waals surface area contributed by atoms with E-state index in [4.69, 9.17) is 0 Å². The molecular formula is C12H22N2O3. The normalized spacial score (nSPS) is 22.4. The monoisotopic (exact) mass is 242 g/mol. The van der Waals surface area contributed by atoms with E-state index in [2.05, 4.69) is 5.32 Å². The van der Waals surface area contributed by atoms with Crippen molar-refractivity contribution in [2.75, 3.05) is 13.1 Å². The minimum Gasteiger partial charge on any atom is -0.391 e. The molecular weight excluding hydrogens is 220 g/mol. The molecule has 0 radical (unpaired) electrons. The topological polar surface area (TPSA) is 69.6 Å². The van der Waals surface area contributed by atoms with Crippen molar-refractivity contribution >= 4 is 11.8 Å². The van der Waals surface area contributed by atoms with E-state index in [0.717, 1.165) is 0 Å². The van der Waals surface area contributed by atoms with Gasteiger partial charge >= 0.3 is 0 Å². The van der Waals surface area contributed by atoms with Crippen molar-refractivity contribution < 1.29 is 14.7 Å². The summed E-state index contributed by atoms with van der Waals surface area (Å²) in [5.41, 5.74) is -0.337. The molecule has 0 saturated carbocycles. The quantitative estimate of drug-likeness (QED) is 0.723. The SMILES string of the molecule is CC(=O)N[C@H](C(=O)N1CCC(O)C1)C(C)(C)C. The van der Waals surface area contributed by atoms with Crippen molar-refractivity contribution in [1.29, 1.82) is 0 Å². The van der Waals surface area contributed by atoms with E-state index in [1.165, 1.54) is 6.92 Å². The van der Waals surface area contributed by atoms with Crippen LogP contribution in [0.1, 0.15) is 34.1 Å². The average molecular weight is 242 g/mol. The first kappa shape index (κ1) is 14.0. The highest BCUT2D eigenvalue weighted by Gasteiger charge is 2.37. The van der Waals surface area contributed by atoms with Gasteiger partial charge in [-0.3, -0.25) is 9.59 Å². The van der Waals surface area contributed by atoms with E-state index in [-0.39, 0.29) is 17.2 Å². The van der Waals surface area contributed by atoms with Crippen LogP contribution in [-0.4, -0.2) is 47.1 Å². The number of aliphatic hydroxyl groups is 1. The van der Waals surface area contributed by atoms with Crippen LogP contribution in [0.25, 0.3) is 0 Å². The van der Waals surface area contributed by atoms with E-state index >= 15 is 0 Å². The van der Waals surface area contributed by atoms with Gasteiger partial charge in [-0.15, -0.1) is 0 Å². The lowest BCUT2D eigenvalue weighted by Crippen LogP contribution is -2.54. The Kier molecular flexibility index (Phi) is 4.14. The second-order valence-electron chi connectivity index (χ2n) is 5.73. The number of rotatable bonds is 2. The number of β-amino-alcohol motifs (C(OH)–C–C–N with tert-alkyl or cyclic N) is 1. The largest absolute Gasteiger partial charge is 0.391 e. The Bertz CT molecular complexity index is 309. The van der Waals surface area contributed by atoms with Crippen LogP contribution >= 0.6 is 0 Å². The van der Waals surface area contributed by atoms with E-state index in [9.17, 15) is 14.7 Å². The van der Waals surface area contributed by atoms with Crippen molar-refractivity contribution in [2.24, 2.45) is 5.41 Å². The third-order valence-electron chi connectivity index (χ3n) is 2.94. The molecule has 17 heavy (non-hydrogen) atoms. The molecule has 1 unspecified atom stereocenters. The molecule has 1 saturated heterocycles. The first-order chi connectivity index (χ1) is 7.71. The molecule has 1 fully saturated rings. The molecule has 0 aromatic heterocycles. The van der Waals surface area contributed by atoms with E-state index in [0.29, 0.717) is 19.5 Å². The van der Waals surface area contributed by atoms with Gasteiger partial charge in [-0.05, 0) is 11.8 Å². The summed E-state index contributed by atoms with van der Waals surface area (Å²) in [5, 5.41) is 12.1. The molecule has 2 amide bonds. The number of aliphatic hydroxyl groups excluding tert-OH is 1. The van der Waals surface area contributed by atoms with Gasteiger partial charge in [-0.25, -0.2) is 0 Å². The molecule has 1 rings (SSSR count). The first-order valence-electron chi connectivity index (χ1n) is 5.96. The molecule has 5 heteroatoms. The van der Waals surface area contributed by atoms with Crippen LogP contribution < -0.4 is 5.32 Å². The van der Waals surface area contributed by atoms with E-state index in [1.807, 2.05) is 20.8 Å². The number of nitrogens with zero attached hydrogens (tertiary/aromatic N) is 1. The maximum Gasteiger partial charge on any atom is 0.245 e. The number of amides is 2. The first-order valence-corrected chi connectivity index (χ1v) is 5.96. The summed E-state index contributed by atoms with van der Waals surface area (Å²) in [6, 6.07) is -0.537. The lowest BCUT2D eigenvalue weighted by molar-refractivity contribution is -0.138. The van der Waals surface area contributed by atoms with Crippen LogP contribution in [0.5, 0.6) is 0 Å². The number of carbonyl (C=O) groups excluding carboxylic acids is 2. The van der Waals surface area contributed by atoms with E-state index in [1.54, 1.807) is 4.90 Å². The number of carbonyl (C=O) groups is 2. The Morgan fingerprint density at radius 1 is 1.41 bits per heavy atom. The maximum atomic E-state index is 12.3. The van der Waals surface area contributed by atoms with Gasteiger partial charge in [0.2, 0.25) is 11.8 Å². The van der Waals surface area contributed by atoms with Crippen molar-refractivity contribution in [3.05, 3.63) is 0 Å². The Morgan fingerprint density at radius 3 is 2.35 bits per heavy atom. The van der Waals surface area contributed by atoms with Crippen LogP contribution in [0.15, 0.2) is 0 Å². The molecule has 0 aromatic rings. The molecule has 5 nitrogen and oxygen atoms in total. The summed E-state index contributed by atoms with van der Waals surface area (Å²) in [6.07, 6.45) is 0.180. The Labute approximate surface area is 102 Å². The number of likely N-dealkylation sites (tertiary alicyclic amines) is 1. The second kappa shape index (κ2) is 5.04. The van der Waals surface area contributed by atoms with Crippen molar-refractivity contribution in [1.82, 2.24) is 10.2 Å². The van der Waals surface area contributed by atoms with E-state index < -0.39 is 12.1 Å². The molecule has 2 atom stereocenters. The predicted octanol–water partition coefficient (Wildman–Crippen LogP) is 0.130. The van der Waals surface area contributed by atoms with Crippen molar-refractivity contribution in [3.8, 4) is 0 Å². The average Bonchev–Trinajstić information content (AvgIpc) is 2.58. The van der Waals surface area contributed by atoms with Gasteiger partial charge in [0, 0.05) is 20.0 Å². The van der Waals surface area contributed by atoms with Gasteiger partial charge in [0.1, 0.15) is 6.04 Å². The molecule has 98 valence electrons. The summed E-state index contributed by atoms with van der Waals surface area (Å²) >= 11 is 0. The standard InChI is InChI=1S/C12H22N2O3/c1-8(15)13-10(12(2,3)4)11(17)14-6-5-9(16)7-14/h9-10,16H,5-7H2,1-4H3,(H,13,15)/t9?,10-/m1/s1. The summed E-state index contributed by atoms with van der Waals surface area (Å²) in [4.78, 5) is 25.0. The van der Waals surface area contributed by atoms with Gasteiger partial charge in [-0.2, -0.15) is 0 Å². The minimum atomic E-state index is -0.537. The highest BCUT2D eigenvalue weighted by molar-refractivity contribution is 5.87. The van der Waals surface area contributed by atoms with Gasteiger partial charge in [0.15, 0.2) is 0 Å². The zero-order valence-corrected chi connectivity index (χ0v) is 11.0. The molecule has 2 N–H and O–H groups in total. The Hall–Kier alpha value is -1.10. The van der Waals surface area contributed by atoms with Crippen LogP contribution in [0.3, 0.4) is 0 Å². The Morgan fingerprint density at radius 2 is 2.00 bits per heavy atom. The van der Waals surface area contributed by atoms with Gasteiger partial charge < -0.3 is 15.3 Å². The van der Waals surface area contributed by atoms with Gasteiger partial charge in [-0.1, -0.05) is 20.8 Å². The fourth-order valence-corrected chi connectivity index (χ4v) is 1.98. The van der Waals surface area contributed by atoms with Gasteiger partial charge in [0.25, 0.3) is 0 Å². The number of hydrogen-bond acceptors (Lipinski definition) is 3. The smallest absolute Gasteiger partial charge is 0.245 e. The highest BCUT2D eigenvalue weighted by atomic mass is 16.3. The van der Waals surface area contributed by atoms with Crippen LogP contribution in [0.2, 0.25) is 0 Å². The summed E-state index contributed by atoms with van der Waals surface area (Å²) < 4.78 is 0. The zero-order valence-electron chi connectivity index (χ0n) is 11.0. The lowest BCUT2D eigenvalue weighted by atomic mass is 9.85. The minimum absolute atomic E-state index is 0.107. The van der Waals surface area contributed by atoms with Crippen molar-refractivity contribution in [2.45, 2.75) is 46.3 Å². The fourth-order valence-electron chi connectivity index (χ4n) is 1.98. The summed E-state index contributed by atoms with van der Waals surface area (Å²) in [7, 11) is 0. The zero-order chi connectivity index (χ0) is 13.2. The maximum absolute atomic E-state index is 12.3. The molecule has 1 heterocycles. The molecule has 0 aromatic carbocycles. The molecule has 1 aliphatic heterocycles. The van der Waals surface area contributed by atoms with Crippen LogP contribution in [0, 0.1) is 5.41 Å². The Balaban J connectivity index is 2.76. The number of nitrogens with one attached hydrogen (secondary N) is 1. The molecule has 1 aliphatic rings. The summed E-state index contributed by atoms with van der Waals surface area (Å²) in [5.74, 6) is -0.317. The predicted molar refractivity (Wildman–Crippen MR) is 64.3 cm³/mol. The molecule has 0 aliphatic carbocycles. The molecule has 0 bridgehead atoms. The highest BCUT2D eigenvalue weighted by Crippen LogP contribution is 2.23.